The molecule has 0 aliphatic carbocycles. The van der Waals surface area contributed by atoms with E-state index in [1.807, 2.05) is 0 Å². The average molecular weight is 663 g/mol. The summed E-state index contributed by atoms with van der Waals surface area (Å²) in [5.41, 5.74) is 12.9. The Kier molecular flexibility index (Phi) is 6.28. The van der Waals surface area contributed by atoms with Crippen LogP contribution in [0, 0.1) is 0 Å². The van der Waals surface area contributed by atoms with Gasteiger partial charge < -0.3 is 8.83 Å². The van der Waals surface area contributed by atoms with Gasteiger partial charge in [-0.15, -0.1) is 0 Å². The maximum atomic E-state index is 6.47. The predicted molar refractivity (Wildman–Crippen MR) is 218 cm³/mol. The minimum atomic E-state index is 0.857. The van der Waals surface area contributed by atoms with Crippen molar-refractivity contribution in [3.8, 4) is 44.5 Å². The van der Waals surface area contributed by atoms with Crippen molar-refractivity contribution in [1.29, 1.82) is 0 Å². The lowest BCUT2D eigenvalue weighted by Crippen LogP contribution is -1.82. The summed E-state index contributed by atoms with van der Waals surface area (Å²) in [6.07, 6.45) is 0. The molecule has 0 saturated carbocycles. The van der Waals surface area contributed by atoms with Crippen LogP contribution < -0.4 is 0 Å². The number of fused-ring (bicyclic) bond motifs is 8. The Morgan fingerprint density at radius 2 is 0.558 bits per heavy atom. The standard InChI is InChI=1S/C50H30O2/c1-3-9-33-23-39(17-15-31(33)7-1)35-11-5-13-37(25-35)41-19-21-47-43(27-41)45-29-50-46(30-49(45)51-47)44-28-42(20-22-48(44)52-50)38-14-6-12-36(26-38)40-18-16-32-8-2-4-10-34(32)24-40/h1-30H. The highest BCUT2D eigenvalue weighted by Gasteiger charge is 2.16. The number of benzene rings is 9. The highest BCUT2D eigenvalue weighted by atomic mass is 16.3. The fourth-order valence-electron chi connectivity index (χ4n) is 7.90. The lowest BCUT2D eigenvalue weighted by molar-refractivity contribution is 0.664. The second-order valence-corrected chi connectivity index (χ2v) is 13.8. The molecule has 242 valence electrons. The molecule has 0 unspecified atom stereocenters. The van der Waals surface area contributed by atoms with Crippen molar-refractivity contribution in [2.75, 3.05) is 0 Å². The molecule has 0 amide bonds. The third-order valence-corrected chi connectivity index (χ3v) is 10.6. The van der Waals surface area contributed by atoms with Crippen LogP contribution in [0.2, 0.25) is 0 Å². The van der Waals surface area contributed by atoms with E-state index in [0.29, 0.717) is 0 Å². The van der Waals surface area contributed by atoms with Crippen LogP contribution in [0.3, 0.4) is 0 Å². The molecule has 11 aromatic rings. The van der Waals surface area contributed by atoms with Gasteiger partial charge >= 0.3 is 0 Å². The monoisotopic (exact) mass is 662 g/mol. The van der Waals surface area contributed by atoms with Crippen LogP contribution in [-0.2, 0) is 0 Å². The second kappa shape index (κ2) is 11.3. The fourth-order valence-corrected chi connectivity index (χ4v) is 7.90. The summed E-state index contributed by atoms with van der Waals surface area (Å²) in [6.45, 7) is 0. The summed E-state index contributed by atoms with van der Waals surface area (Å²) in [5.74, 6) is 0. The van der Waals surface area contributed by atoms with E-state index in [4.69, 9.17) is 8.83 Å². The molecule has 52 heavy (non-hydrogen) atoms. The smallest absolute Gasteiger partial charge is 0.136 e. The molecule has 0 saturated heterocycles. The molecule has 11 rings (SSSR count). The van der Waals surface area contributed by atoms with Crippen molar-refractivity contribution in [1.82, 2.24) is 0 Å². The first-order valence-corrected chi connectivity index (χ1v) is 17.7. The van der Waals surface area contributed by atoms with Gasteiger partial charge in [0.1, 0.15) is 22.3 Å². The Morgan fingerprint density at radius 1 is 0.212 bits per heavy atom. The van der Waals surface area contributed by atoms with E-state index < -0.39 is 0 Å². The summed E-state index contributed by atoms with van der Waals surface area (Å²) in [7, 11) is 0. The molecule has 0 N–H and O–H groups in total. The molecule has 0 aliphatic rings. The zero-order valence-corrected chi connectivity index (χ0v) is 28.1. The highest BCUT2D eigenvalue weighted by Crippen LogP contribution is 2.40. The number of hydrogen-bond acceptors (Lipinski definition) is 2. The molecule has 0 fully saturated rings. The molecule has 0 spiro atoms. The Morgan fingerprint density at radius 3 is 1.00 bits per heavy atom. The third kappa shape index (κ3) is 4.73. The van der Waals surface area contributed by atoms with Crippen LogP contribution in [0.15, 0.2) is 191 Å². The molecular formula is C50H30O2. The third-order valence-electron chi connectivity index (χ3n) is 10.6. The number of furan rings is 2. The van der Waals surface area contributed by atoms with Gasteiger partial charge in [-0.3, -0.25) is 0 Å². The maximum Gasteiger partial charge on any atom is 0.136 e. The fraction of sp³-hybridized carbons (Fsp3) is 0. The minimum Gasteiger partial charge on any atom is -0.456 e. The number of rotatable bonds is 4. The van der Waals surface area contributed by atoms with Crippen LogP contribution in [0.1, 0.15) is 0 Å². The second-order valence-electron chi connectivity index (χ2n) is 13.8. The van der Waals surface area contributed by atoms with Crippen molar-refractivity contribution < 1.29 is 8.83 Å². The van der Waals surface area contributed by atoms with Gasteiger partial charge in [0.25, 0.3) is 0 Å². The van der Waals surface area contributed by atoms with Gasteiger partial charge in [-0.1, -0.05) is 121 Å². The predicted octanol–water partition coefficient (Wildman–Crippen LogP) is 14.5. The van der Waals surface area contributed by atoms with E-state index in [2.05, 4.69) is 182 Å². The van der Waals surface area contributed by atoms with Gasteiger partial charge in [-0.2, -0.15) is 0 Å². The van der Waals surface area contributed by atoms with Crippen molar-refractivity contribution in [3.63, 3.8) is 0 Å². The first-order chi connectivity index (χ1) is 25.7. The summed E-state index contributed by atoms with van der Waals surface area (Å²) in [4.78, 5) is 0. The molecule has 2 nitrogen and oxygen atoms in total. The van der Waals surface area contributed by atoms with Crippen molar-refractivity contribution in [2.45, 2.75) is 0 Å². The Hall–Kier alpha value is -6.90. The van der Waals surface area contributed by atoms with E-state index in [1.54, 1.807) is 0 Å². The molecule has 2 heterocycles. The maximum absolute atomic E-state index is 6.47. The zero-order chi connectivity index (χ0) is 34.2. The first-order valence-electron chi connectivity index (χ1n) is 17.7. The van der Waals surface area contributed by atoms with Crippen molar-refractivity contribution >= 4 is 65.4 Å². The molecule has 0 atom stereocenters. The van der Waals surface area contributed by atoms with Crippen LogP contribution in [0.4, 0.5) is 0 Å². The molecule has 0 aliphatic heterocycles. The normalized spacial score (nSPS) is 11.8. The Balaban J connectivity index is 0.968. The summed E-state index contributed by atoms with van der Waals surface area (Å²) in [5, 5.41) is 9.26. The molecule has 2 heteroatoms. The first kappa shape index (κ1) is 28.9. The summed E-state index contributed by atoms with van der Waals surface area (Å²) < 4.78 is 12.9. The molecule has 0 radical (unpaired) electrons. The van der Waals surface area contributed by atoms with E-state index in [-0.39, 0.29) is 0 Å². The Labute approximate surface area is 299 Å². The van der Waals surface area contributed by atoms with E-state index in [9.17, 15) is 0 Å². The van der Waals surface area contributed by atoms with Crippen molar-refractivity contribution in [3.05, 3.63) is 182 Å². The number of hydrogen-bond donors (Lipinski definition) is 0. The highest BCUT2D eigenvalue weighted by molar-refractivity contribution is 6.15. The SMILES string of the molecule is c1cc(-c2ccc3ccccc3c2)cc(-c2ccc3oc4cc5c(cc4c3c2)oc2ccc(-c3cccc(-c4ccc6ccccc6c4)c3)cc25)c1. The average Bonchev–Trinajstić information content (AvgIpc) is 3.76. The van der Waals surface area contributed by atoms with Gasteiger partial charge in [0.2, 0.25) is 0 Å². The van der Waals surface area contributed by atoms with Gasteiger partial charge in [0, 0.05) is 21.5 Å². The molecule has 2 aromatic heterocycles. The van der Waals surface area contributed by atoms with Crippen LogP contribution in [0.5, 0.6) is 0 Å². The van der Waals surface area contributed by atoms with Gasteiger partial charge in [0.05, 0.1) is 0 Å². The van der Waals surface area contributed by atoms with E-state index in [0.717, 1.165) is 55.0 Å². The topological polar surface area (TPSA) is 26.3 Å². The lowest BCUT2D eigenvalue weighted by Gasteiger charge is -2.08. The Bertz CT molecular complexity index is 2980. The van der Waals surface area contributed by atoms with E-state index >= 15 is 0 Å². The van der Waals surface area contributed by atoms with Gasteiger partial charge in [-0.25, -0.2) is 0 Å². The van der Waals surface area contributed by atoms with Gasteiger partial charge in [-0.05, 0) is 127 Å². The summed E-state index contributed by atoms with van der Waals surface area (Å²) >= 11 is 0. The molecule has 9 aromatic carbocycles. The van der Waals surface area contributed by atoms with Crippen molar-refractivity contribution in [2.24, 2.45) is 0 Å². The minimum absolute atomic E-state index is 0.857. The quantitative estimate of drug-likeness (QED) is 0.187. The molecule has 0 bridgehead atoms. The van der Waals surface area contributed by atoms with Gasteiger partial charge in [0.15, 0.2) is 0 Å². The summed E-state index contributed by atoms with van der Waals surface area (Å²) in [6, 6.07) is 65.2. The van der Waals surface area contributed by atoms with E-state index in [1.165, 1.54) is 54.9 Å². The zero-order valence-electron chi connectivity index (χ0n) is 28.1. The molecular weight excluding hydrogens is 633 g/mol. The van der Waals surface area contributed by atoms with Crippen LogP contribution >= 0.6 is 0 Å². The largest absolute Gasteiger partial charge is 0.456 e. The lowest BCUT2D eigenvalue weighted by atomic mass is 9.96. The van der Waals surface area contributed by atoms with Crippen LogP contribution in [0.25, 0.3) is 110 Å². The van der Waals surface area contributed by atoms with Crippen LogP contribution in [-0.4, -0.2) is 0 Å².